The monoisotopic (exact) mass is 351 g/mol. The zero-order valence-electron chi connectivity index (χ0n) is 13.3. The van der Waals surface area contributed by atoms with Gasteiger partial charge < -0.3 is 4.42 Å². The minimum atomic E-state index is -3.58. The van der Waals surface area contributed by atoms with Crippen LogP contribution in [0.5, 0.6) is 0 Å². The van der Waals surface area contributed by atoms with Crippen LogP contribution in [0, 0.1) is 25.2 Å². The van der Waals surface area contributed by atoms with E-state index in [0.29, 0.717) is 22.1 Å². The van der Waals surface area contributed by atoms with Gasteiger partial charge in [-0.25, -0.2) is 17.7 Å². The number of furan rings is 1. The zero-order valence-corrected chi connectivity index (χ0v) is 15.0. The maximum Gasteiger partial charge on any atom is 0.275 e. The van der Waals surface area contributed by atoms with Gasteiger partial charge in [0.05, 0.1) is 11.3 Å². The Morgan fingerprint density at radius 2 is 2.04 bits per heavy atom. The first kappa shape index (κ1) is 17.5. The molecule has 0 aliphatic rings. The molecule has 0 radical (unpaired) electrons. The number of pyridine rings is 1. The summed E-state index contributed by atoms with van der Waals surface area (Å²) in [7, 11) is -0.677. The standard InChI is InChI=1S/C15H17N3O3S2/c1-10-7-11(2)17-15(13(10)8-16)22-9-12-5-6-14(21-12)23(19,20)18(3)4/h5-7H,9H2,1-4H3. The molecule has 0 saturated heterocycles. The molecule has 0 atom stereocenters. The SMILES string of the molecule is Cc1cc(C)c(C#N)c(SCc2ccc(S(=O)(=O)N(C)C)o2)n1. The van der Waals surface area contributed by atoms with Gasteiger partial charge in [0.15, 0.2) is 0 Å². The van der Waals surface area contributed by atoms with E-state index < -0.39 is 10.0 Å². The molecule has 0 fully saturated rings. The number of nitrogens with zero attached hydrogens (tertiary/aromatic N) is 3. The molecule has 2 aromatic rings. The van der Waals surface area contributed by atoms with Gasteiger partial charge in [-0.15, -0.1) is 0 Å². The molecule has 0 saturated carbocycles. The lowest BCUT2D eigenvalue weighted by molar-refractivity contribution is 0.408. The summed E-state index contributed by atoms with van der Waals surface area (Å²) in [5, 5.41) is 9.78. The number of hydrogen-bond acceptors (Lipinski definition) is 6. The predicted molar refractivity (Wildman–Crippen MR) is 87.6 cm³/mol. The maximum absolute atomic E-state index is 12.0. The molecule has 2 heterocycles. The van der Waals surface area contributed by atoms with E-state index in [-0.39, 0.29) is 5.09 Å². The molecule has 0 spiro atoms. The summed E-state index contributed by atoms with van der Waals surface area (Å²) in [5.74, 6) is 0.910. The van der Waals surface area contributed by atoms with Crippen molar-refractivity contribution in [1.29, 1.82) is 5.26 Å². The van der Waals surface area contributed by atoms with Crippen LogP contribution in [0.3, 0.4) is 0 Å². The van der Waals surface area contributed by atoms with E-state index in [1.807, 2.05) is 19.9 Å². The van der Waals surface area contributed by atoms with Crippen molar-refractivity contribution in [2.24, 2.45) is 0 Å². The van der Waals surface area contributed by atoms with E-state index >= 15 is 0 Å². The molecule has 0 amide bonds. The van der Waals surface area contributed by atoms with Crippen LogP contribution in [0.25, 0.3) is 0 Å². The Morgan fingerprint density at radius 1 is 1.35 bits per heavy atom. The van der Waals surface area contributed by atoms with Crippen LogP contribution in [-0.2, 0) is 15.8 Å². The topological polar surface area (TPSA) is 87.2 Å². The Kier molecular flexibility index (Phi) is 5.14. The highest BCUT2D eigenvalue weighted by Crippen LogP contribution is 2.28. The van der Waals surface area contributed by atoms with Crippen LogP contribution in [0.4, 0.5) is 0 Å². The van der Waals surface area contributed by atoms with Crippen molar-refractivity contribution < 1.29 is 12.8 Å². The Bertz CT molecular complexity index is 865. The van der Waals surface area contributed by atoms with Gasteiger partial charge in [0.25, 0.3) is 10.0 Å². The summed E-state index contributed by atoms with van der Waals surface area (Å²) in [6.07, 6.45) is 0. The van der Waals surface area contributed by atoms with Crippen molar-refractivity contribution in [2.75, 3.05) is 14.1 Å². The number of aromatic nitrogens is 1. The second-order valence-corrected chi connectivity index (χ2v) is 8.22. The highest BCUT2D eigenvalue weighted by atomic mass is 32.2. The van der Waals surface area contributed by atoms with Crippen molar-refractivity contribution in [1.82, 2.24) is 9.29 Å². The molecular formula is C15H17N3O3S2. The van der Waals surface area contributed by atoms with Crippen LogP contribution < -0.4 is 0 Å². The smallest absolute Gasteiger partial charge is 0.275 e. The average Bonchev–Trinajstić information content (AvgIpc) is 2.94. The third-order valence-electron chi connectivity index (χ3n) is 3.15. The molecule has 2 aromatic heterocycles. The molecule has 0 aliphatic heterocycles. The van der Waals surface area contributed by atoms with Gasteiger partial charge in [-0.2, -0.15) is 5.26 Å². The zero-order chi connectivity index (χ0) is 17.2. The average molecular weight is 351 g/mol. The number of thioether (sulfide) groups is 1. The van der Waals surface area contributed by atoms with Gasteiger partial charge in [0, 0.05) is 19.8 Å². The summed E-state index contributed by atoms with van der Waals surface area (Å²) in [6.45, 7) is 3.73. The molecule has 0 unspecified atom stereocenters. The van der Waals surface area contributed by atoms with Gasteiger partial charge in [-0.3, -0.25) is 0 Å². The number of aryl methyl sites for hydroxylation is 2. The predicted octanol–water partition coefficient (Wildman–Crippen LogP) is 2.71. The van der Waals surface area contributed by atoms with E-state index in [1.165, 1.54) is 31.9 Å². The first-order valence-electron chi connectivity index (χ1n) is 6.78. The van der Waals surface area contributed by atoms with E-state index in [9.17, 15) is 13.7 Å². The van der Waals surface area contributed by atoms with Gasteiger partial charge in [-0.1, -0.05) is 11.8 Å². The first-order valence-corrected chi connectivity index (χ1v) is 9.20. The summed E-state index contributed by atoms with van der Waals surface area (Å²) in [4.78, 5) is 4.38. The van der Waals surface area contributed by atoms with E-state index in [1.54, 1.807) is 6.07 Å². The third-order valence-corrected chi connectivity index (χ3v) is 5.83. The van der Waals surface area contributed by atoms with Crippen molar-refractivity contribution in [2.45, 2.75) is 29.7 Å². The molecule has 2 rings (SSSR count). The second-order valence-electron chi connectivity index (χ2n) is 5.17. The highest BCUT2D eigenvalue weighted by Gasteiger charge is 2.21. The van der Waals surface area contributed by atoms with Crippen molar-refractivity contribution in [3.63, 3.8) is 0 Å². The summed E-state index contributed by atoms with van der Waals surface area (Å²) >= 11 is 1.35. The lowest BCUT2D eigenvalue weighted by Gasteiger charge is -2.08. The number of rotatable bonds is 5. The largest absolute Gasteiger partial charge is 0.447 e. The molecule has 6 nitrogen and oxygen atoms in total. The fraction of sp³-hybridized carbons (Fsp3) is 0.333. The number of nitriles is 1. The Morgan fingerprint density at radius 3 is 2.65 bits per heavy atom. The van der Waals surface area contributed by atoms with Gasteiger partial charge >= 0.3 is 0 Å². The Balaban J connectivity index is 2.21. The van der Waals surface area contributed by atoms with Crippen LogP contribution >= 0.6 is 11.8 Å². The molecule has 23 heavy (non-hydrogen) atoms. The molecule has 0 aliphatic carbocycles. The van der Waals surface area contributed by atoms with E-state index in [4.69, 9.17) is 4.42 Å². The van der Waals surface area contributed by atoms with Gasteiger partial charge in [0.2, 0.25) is 5.09 Å². The minimum Gasteiger partial charge on any atom is -0.447 e. The normalized spacial score (nSPS) is 11.7. The van der Waals surface area contributed by atoms with Crippen molar-refractivity contribution in [3.05, 3.63) is 40.8 Å². The molecular weight excluding hydrogens is 334 g/mol. The van der Waals surface area contributed by atoms with Crippen molar-refractivity contribution in [3.8, 4) is 6.07 Å². The lowest BCUT2D eigenvalue weighted by Crippen LogP contribution is -2.21. The number of hydrogen-bond donors (Lipinski definition) is 0. The van der Waals surface area contributed by atoms with E-state index in [0.717, 1.165) is 15.6 Å². The molecule has 122 valence electrons. The quantitative estimate of drug-likeness (QED) is 0.770. The Hall–Kier alpha value is -1.82. The Labute approximate surface area is 140 Å². The summed E-state index contributed by atoms with van der Waals surface area (Å²) in [5.41, 5.74) is 2.24. The highest BCUT2D eigenvalue weighted by molar-refractivity contribution is 7.98. The second kappa shape index (κ2) is 6.74. The molecule has 0 aromatic carbocycles. The van der Waals surface area contributed by atoms with Gasteiger partial charge in [-0.05, 0) is 37.6 Å². The fourth-order valence-electron chi connectivity index (χ4n) is 1.94. The minimum absolute atomic E-state index is 0.0908. The summed E-state index contributed by atoms with van der Waals surface area (Å²) in [6, 6.07) is 7.07. The van der Waals surface area contributed by atoms with Crippen LogP contribution in [0.2, 0.25) is 0 Å². The number of sulfonamides is 1. The fourth-order valence-corrected chi connectivity index (χ4v) is 3.74. The summed E-state index contributed by atoms with van der Waals surface area (Å²) < 4.78 is 30.5. The molecule has 8 heteroatoms. The van der Waals surface area contributed by atoms with E-state index in [2.05, 4.69) is 11.1 Å². The first-order chi connectivity index (χ1) is 10.8. The molecule has 0 N–H and O–H groups in total. The molecule has 0 bridgehead atoms. The maximum atomic E-state index is 12.0. The van der Waals surface area contributed by atoms with Crippen LogP contribution in [-0.4, -0.2) is 31.8 Å². The lowest BCUT2D eigenvalue weighted by atomic mass is 10.1. The van der Waals surface area contributed by atoms with Crippen LogP contribution in [0.1, 0.15) is 22.6 Å². The van der Waals surface area contributed by atoms with Gasteiger partial charge in [0.1, 0.15) is 16.9 Å². The van der Waals surface area contributed by atoms with Crippen LogP contribution in [0.15, 0.2) is 32.7 Å². The third kappa shape index (κ3) is 3.75. The van der Waals surface area contributed by atoms with Crippen molar-refractivity contribution >= 4 is 21.8 Å².